The Morgan fingerprint density at radius 3 is 3.00 bits per heavy atom. The molecule has 0 spiro atoms. The number of fused-ring (bicyclic) bond motifs is 1. The van der Waals surface area contributed by atoms with Gasteiger partial charge in [-0.15, -0.1) is 6.58 Å². The topological polar surface area (TPSA) is 54.9 Å². The third kappa shape index (κ3) is 2.47. The van der Waals surface area contributed by atoms with Crippen LogP contribution in [-0.4, -0.2) is 22.4 Å². The van der Waals surface area contributed by atoms with Crippen LogP contribution in [0.15, 0.2) is 43.2 Å². The second kappa shape index (κ2) is 5.21. The molecular formula is C13H13N3O. The van der Waals surface area contributed by atoms with Gasteiger partial charge in [-0.25, -0.2) is 0 Å². The number of amides is 1. The van der Waals surface area contributed by atoms with Crippen LogP contribution in [0.4, 0.5) is 0 Å². The summed E-state index contributed by atoms with van der Waals surface area (Å²) in [4.78, 5) is 20.3. The molecule has 4 nitrogen and oxygen atoms in total. The maximum atomic E-state index is 11.9. The summed E-state index contributed by atoms with van der Waals surface area (Å²) in [7, 11) is 0. The van der Waals surface area contributed by atoms with Gasteiger partial charge in [0, 0.05) is 18.9 Å². The third-order valence-electron chi connectivity index (χ3n) is 2.38. The van der Waals surface area contributed by atoms with Crippen LogP contribution in [0, 0.1) is 0 Å². The number of rotatable bonds is 4. The quantitative estimate of drug-likeness (QED) is 0.641. The molecule has 1 aromatic heterocycles. The fraction of sp³-hybridized carbons (Fsp3) is 0.154. The molecule has 2 aromatic rings. The van der Waals surface area contributed by atoms with E-state index in [4.69, 9.17) is 0 Å². The van der Waals surface area contributed by atoms with Gasteiger partial charge < -0.3 is 5.32 Å². The van der Waals surface area contributed by atoms with E-state index in [1.807, 2.05) is 6.07 Å². The van der Waals surface area contributed by atoms with Crippen molar-refractivity contribution in [2.24, 2.45) is 0 Å². The van der Waals surface area contributed by atoms with Crippen LogP contribution in [0.5, 0.6) is 0 Å². The molecule has 0 aliphatic heterocycles. The molecule has 2 rings (SSSR count). The largest absolute Gasteiger partial charge is 0.352 e. The fourth-order valence-electron chi connectivity index (χ4n) is 1.56. The molecule has 0 fully saturated rings. The van der Waals surface area contributed by atoms with Gasteiger partial charge in [0.25, 0.3) is 5.91 Å². The van der Waals surface area contributed by atoms with Crippen molar-refractivity contribution in [1.29, 1.82) is 0 Å². The molecular weight excluding hydrogens is 214 g/mol. The highest BCUT2D eigenvalue weighted by atomic mass is 16.1. The van der Waals surface area contributed by atoms with E-state index in [-0.39, 0.29) is 5.91 Å². The van der Waals surface area contributed by atoms with E-state index < -0.39 is 0 Å². The lowest BCUT2D eigenvalue weighted by atomic mass is 10.1. The zero-order valence-electron chi connectivity index (χ0n) is 9.39. The molecule has 17 heavy (non-hydrogen) atoms. The molecule has 1 N–H and O–H groups in total. The van der Waals surface area contributed by atoms with Gasteiger partial charge in [0.2, 0.25) is 0 Å². The van der Waals surface area contributed by atoms with Crippen LogP contribution in [0.3, 0.4) is 0 Å². The fourth-order valence-corrected chi connectivity index (χ4v) is 1.56. The predicted molar refractivity (Wildman–Crippen MR) is 66.7 cm³/mol. The lowest BCUT2D eigenvalue weighted by Gasteiger charge is -2.05. The van der Waals surface area contributed by atoms with Crippen LogP contribution in [0.2, 0.25) is 0 Å². The number of nitrogens with one attached hydrogen (secondary N) is 1. The number of nitrogens with zero attached hydrogens (tertiary/aromatic N) is 2. The van der Waals surface area contributed by atoms with E-state index >= 15 is 0 Å². The lowest BCUT2D eigenvalue weighted by molar-refractivity contribution is 0.0956. The number of para-hydroxylation sites is 1. The monoisotopic (exact) mass is 227 g/mol. The van der Waals surface area contributed by atoms with Crippen molar-refractivity contribution in [3.63, 3.8) is 0 Å². The summed E-state index contributed by atoms with van der Waals surface area (Å²) in [6, 6.07) is 5.39. The van der Waals surface area contributed by atoms with Crippen LogP contribution >= 0.6 is 0 Å². The molecule has 86 valence electrons. The minimum absolute atomic E-state index is 0.127. The van der Waals surface area contributed by atoms with Gasteiger partial charge in [-0.2, -0.15) is 0 Å². The van der Waals surface area contributed by atoms with Gasteiger partial charge in [0.15, 0.2) is 0 Å². The van der Waals surface area contributed by atoms with Crippen LogP contribution < -0.4 is 5.32 Å². The minimum atomic E-state index is -0.127. The lowest BCUT2D eigenvalue weighted by Crippen LogP contribution is -2.24. The minimum Gasteiger partial charge on any atom is -0.352 e. The van der Waals surface area contributed by atoms with Gasteiger partial charge in [-0.3, -0.25) is 14.8 Å². The van der Waals surface area contributed by atoms with E-state index in [0.29, 0.717) is 17.6 Å². The first-order valence-electron chi connectivity index (χ1n) is 5.42. The van der Waals surface area contributed by atoms with Crippen molar-refractivity contribution in [1.82, 2.24) is 15.3 Å². The molecule has 0 bridgehead atoms. The summed E-state index contributed by atoms with van der Waals surface area (Å²) < 4.78 is 0. The SMILES string of the molecule is C=CCCNC(=O)c1cccc2nccnc12. The average molecular weight is 227 g/mol. The molecule has 4 heteroatoms. The zero-order chi connectivity index (χ0) is 12.1. The molecule has 0 radical (unpaired) electrons. The zero-order valence-corrected chi connectivity index (χ0v) is 9.39. The maximum Gasteiger partial charge on any atom is 0.253 e. The first-order chi connectivity index (χ1) is 8.33. The van der Waals surface area contributed by atoms with Crippen LogP contribution in [0.1, 0.15) is 16.8 Å². The second-order valence-corrected chi connectivity index (χ2v) is 3.56. The standard InChI is InChI=1S/C13H13N3O/c1-2-3-7-16-13(17)10-5-4-6-11-12(10)15-9-8-14-11/h2,4-6,8-9H,1,3,7H2,(H,16,17). The Morgan fingerprint density at radius 2 is 2.18 bits per heavy atom. The van der Waals surface area contributed by atoms with Gasteiger partial charge in [0.1, 0.15) is 5.52 Å². The number of benzene rings is 1. The van der Waals surface area contributed by atoms with Crippen molar-refractivity contribution in [2.45, 2.75) is 6.42 Å². The van der Waals surface area contributed by atoms with Crippen LogP contribution in [0.25, 0.3) is 11.0 Å². The maximum absolute atomic E-state index is 11.9. The van der Waals surface area contributed by atoms with E-state index in [2.05, 4.69) is 21.9 Å². The third-order valence-corrected chi connectivity index (χ3v) is 2.38. The summed E-state index contributed by atoms with van der Waals surface area (Å²) >= 11 is 0. The summed E-state index contributed by atoms with van der Waals surface area (Å²) in [6.45, 7) is 4.19. The summed E-state index contributed by atoms with van der Waals surface area (Å²) in [5, 5.41) is 2.81. The molecule has 1 heterocycles. The Labute approximate surface area is 99.4 Å². The highest BCUT2D eigenvalue weighted by molar-refractivity contribution is 6.04. The summed E-state index contributed by atoms with van der Waals surface area (Å²) in [6.07, 6.45) is 5.72. The molecule has 0 saturated heterocycles. The number of hydrogen-bond donors (Lipinski definition) is 1. The van der Waals surface area contributed by atoms with Crippen molar-refractivity contribution in [3.05, 3.63) is 48.8 Å². The number of hydrogen-bond acceptors (Lipinski definition) is 3. The summed E-state index contributed by atoms with van der Waals surface area (Å²) in [5.74, 6) is -0.127. The molecule has 0 aliphatic carbocycles. The molecule has 1 aromatic carbocycles. The first kappa shape index (κ1) is 11.3. The molecule has 0 aliphatic rings. The number of carbonyl (C=O) groups is 1. The first-order valence-corrected chi connectivity index (χ1v) is 5.42. The van der Waals surface area contributed by atoms with Gasteiger partial charge in [0.05, 0.1) is 11.1 Å². The van der Waals surface area contributed by atoms with Gasteiger partial charge >= 0.3 is 0 Å². The smallest absolute Gasteiger partial charge is 0.253 e. The van der Waals surface area contributed by atoms with Crippen molar-refractivity contribution >= 4 is 16.9 Å². The van der Waals surface area contributed by atoms with Crippen molar-refractivity contribution in [2.75, 3.05) is 6.54 Å². The molecule has 0 atom stereocenters. The normalized spacial score (nSPS) is 10.1. The van der Waals surface area contributed by atoms with E-state index in [1.165, 1.54) is 0 Å². The second-order valence-electron chi connectivity index (χ2n) is 3.56. The van der Waals surface area contributed by atoms with Crippen molar-refractivity contribution < 1.29 is 4.79 Å². The Morgan fingerprint density at radius 1 is 1.35 bits per heavy atom. The van der Waals surface area contributed by atoms with Crippen molar-refractivity contribution in [3.8, 4) is 0 Å². The number of carbonyl (C=O) groups excluding carboxylic acids is 1. The summed E-state index contributed by atoms with van der Waals surface area (Å²) in [5.41, 5.74) is 1.91. The van der Waals surface area contributed by atoms with Gasteiger partial charge in [-0.1, -0.05) is 12.1 Å². The van der Waals surface area contributed by atoms with Crippen LogP contribution in [-0.2, 0) is 0 Å². The molecule has 0 saturated carbocycles. The average Bonchev–Trinajstić information content (AvgIpc) is 2.38. The van der Waals surface area contributed by atoms with E-state index in [1.54, 1.807) is 30.6 Å². The van der Waals surface area contributed by atoms with E-state index in [9.17, 15) is 4.79 Å². The highest BCUT2D eigenvalue weighted by Gasteiger charge is 2.09. The Kier molecular flexibility index (Phi) is 3.45. The van der Waals surface area contributed by atoms with E-state index in [0.717, 1.165) is 11.9 Å². The predicted octanol–water partition coefficient (Wildman–Crippen LogP) is 1.94. The number of aromatic nitrogens is 2. The highest BCUT2D eigenvalue weighted by Crippen LogP contribution is 2.13. The Bertz CT molecular complexity index is 546. The molecule has 0 unspecified atom stereocenters. The Hall–Kier alpha value is -2.23. The Balaban J connectivity index is 2.28. The molecule has 1 amide bonds. The van der Waals surface area contributed by atoms with Gasteiger partial charge in [-0.05, 0) is 18.6 Å².